The van der Waals surface area contributed by atoms with Crippen LogP contribution in [0.2, 0.25) is 0 Å². The zero-order valence-corrected chi connectivity index (χ0v) is 11.0. The van der Waals surface area contributed by atoms with E-state index in [1.54, 1.807) is 0 Å². The minimum atomic E-state index is -0.393. The molecule has 0 unspecified atom stereocenters. The van der Waals surface area contributed by atoms with Crippen LogP contribution in [-0.2, 0) is 4.79 Å². The molecule has 1 aromatic carbocycles. The summed E-state index contributed by atoms with van der Waals surface area (Å²) < 4.78 is 18.1. The first-order valence-corrected chi connectivity index (χ1v) is 6.50. The van der Waals surface area contributed by atoms with Crippen molar-refractivity contribution >= 4 is 11.6 Å². The zero-order valence-electron chi connectivity index (χ0n) is 11.0. The average molecular weight is 266 g/mol. The van der Waals surface area contributed by atoms with Crippen LogP contribution in [0, 0.1) is 17.7 Å². The van der Waals surface area contributed by atoms with E-state index in [-0.39, 0.29) is 17.7 Å². The van der Waals surface area contributed by atoms with Gasteiger partial charge in [0.05, 0.1) is 12.8 Å². The van der Waals surface area contributed by atoms with Crippen molar-refractivity contribution < 1.29 is 13.9 Å². The molecule has 1 aliphatic rings. The maximum absolute atomic E-state index is 13.1. The molecule has 0 aromatic heterocycles. The molecule has 1 aliphatic carbocycles. The number of methoxy groups -OCH3 is 1. The van der Waals surface area contributed by atoms with Gasteiger partial charge in [0.1, 0.15) is 11.6 Å². The maximum atomic E-state index is 13.1. The number of halogens is 1. The monoisotopic (exact) mass is 266 g/mol. The van der Waals surface area contributed by atoms with Crippen molar-refractivity contribution in [3.63, 3.8) is 0 Å². The van der Waals surface area contributed by atoms with Crippen molar-refractivity contribution in [3.8, 4) is 5.75 Å². The summed E-state index contributed by atoms with van der Waals surface area (Å²) in [4.78, 5) is 12.2. The molecule has 0 aliphatic heterocycles. The Morgan fingerprint density at radius 3 is 3.00 bits per heavy atom. The Labute approximate surface area is 112 Å². The molecule has 3 N–H and O–H groups in total. The number of rotatable bonds is 4. The molecule has 2 rings (SSSR count). The van der Waals surface area contributed by atoms with Crippen molar-refractivity contribution in [1.82, 2.24) is 0 Å². The normalized spacial score (nSPS) is 22.3. The molecule has 104 valence electrons. The molecule has 1 aromatic rings. The van der Waals surface area contributed by atoms with Gasteiger partial charge in [-0.3, -0.25) is 4.79 Å². The molecule has 19 heavy (non-hydrogen) atoms. The second-order valence-electron chi connectivity index (χ2n) is 4.87. The van der Waals surface area contributed by atoms with E-state index < -0.39 is 5.82 Å². The van der Waals surface area contributed by atoms with Gasteiger partial charge in [0, 0.05) is 12.0 Å². The van der Waals surface area contributed by atoms with Crippen LogP contribution in [0.4, 0.5) is 10.1 Å². The van der Waals surface area contributed by atoms with E-state index in [1.165, 1.54) is 25.3 Å². The lowest BCUT2D eigenvalue weighted by atomic mass is 9.95. The third-order valence-corrected chi connectivity index (χ3v) is 3.72. The van der Waals surface area contributed by atoms with Gasteiger partial charge in [-0.25, -0.2) is 4.39 Å². The zero-order chi connectivity index (χ0) is 13.8. The van der Waals surface area contributed by atoms with E-state index in [2.05, 4.69) is 5.32 Å². The molecule has 0 bridgehead atoms. The molecule has 1 saturated carbocycles. The summed E-state index contributed by atoms with van der Waals surface area (Å²) in [5.74, 6) is 0.0651. The Bertz CT molecular complexity index is 465. The molecular weight excluding hydrogens is 247 g/mol. The second-order valence-corrected chi connectivity index (χ2v) is 4.87. The first-order chi connectivity index (χ1) is 9.15. The van der Waals surface area contributed by atoms with Crippen LogP contribution in [0.1, 0.15) is 19.3 Å². The number of benzene rings is 1. The van der Waals surface area contributed by atoms with Crippen LogP contribution < -0.4 is 15.8 Å². The van der Waals surface area contributed by atoms with E-state index >= 15 is 0 Å². The van der Waals surface area contributed by atoms with Gasteiger partial charge >= 0.3 is 0 Å². The second kappa shape index (κ2) is 6.02. The highest BCUT2D eigenvalue weighted by molar-refractivity contribution is 5.94. The Morgan fingerprint density at radius 1 is 1.53 bits per heavy atom. The molecule has 4 nitrogen and oxygen atoms in total. The summed E-state index contributed by atoms with van der Waals surface area (Å²) in [6.07, 6.45) is 2.88. The average Bonchev–Trinajstić information content (AvgIpc) is 2.89. The van der Waals surface area contributed by atoms with Crippen molar-refractivity contribution in [1.29, 1.82) is 0 Å². The number of nitrogens with two attached hydrogens (primary N) is 1. The Morgan fingerprint density at radius 2 is 2.32 bits per heavy atom. The van der Waals surface area contributed by atoms with Crippen LogP contribution in [-0.4, -0.2) is 19.6 Å². The third-order valence-electron chi connectivity index (χ3n) is 3.72. The minimum Gasteiger partial charge on any atom is -0.494 e. The molecule has 0 radical (unpaired) electrons. The van der Waals surface area contributed by atoms with Gasteiger partial charge in [0.15, 0.2) is 0 Å². The quantitative estimate of drug-likeness (QED) is 0.877. The topological polar surface area (TPSA) is 64.3 Å². The van der Waals surface area contributed by atoms with Crippen LogP contribution >= 0.6 is 0 Å². The molecule has 1 amide bonds. The first kappa shape index (κ1) is 13.8. The highest BCUT2D eigenvalue weighted by Crippen LogP contribution is 2.33. The lowest BCUT2D eigenvalue weighted by Gasteiger charge is -2.18. The summed E-state index contributed by atoms with van der Waals surface area (Å²) in [6.45, 7) is 0.526. The predicted molar refractivity (Wildman–Crippen MR) is 71.5 cm³/mol. The van der Waals surface area contributed by atoms with Gasteiger partial charge in [-0.1, -0.05) is 6.42 Å². The fourth-order valence-corrected chi connectivity index (χ4v) is 2.66. The van der Waals surface area contributed by atoms with Gasteiger partial charge in [-0.15, -0.1) is 0 Å². The number of ether oxygens (including phenoxy) is 1. The van der Waals surface area contributed by atoms with Crippen molar-refractivity contribution in [2.45, 2.75) is 19.3 Å². The van der Waals surface area contributed by atoms with Gasteiger partial charge in [0.2, 0.25) is 5.91 Å². The molecule has 0 spiro atoms. The number of nitrogens with one attached hydrogen (secondary N) is 1. The van der Waals surface area contributed by atoms with E-state index in [0.29, 0.717) is 18.0 Å². The number of anilines is 1. The summed E-state index contributed by atoms with van der Waals surface area (Å²) in [5.41, 5.74) is 6.17. The molecular formula is C14H19FN2O2. The summed E-state index contributed by atoms with van der Waals surface area (Å²) in [7, 11) is 1.45. The number of amides is 1. The largest absolute Gasteiger partial charge is 0.494 e. The predicted octanol–water partition coefficient (Wildman–Crippen LogP) is 2.15. The highest BCUT2D eigenvalue weighted by atomic mass is 19.1. The molecule has 0 saturated heterocycles. The number of carbonyl (C=O) groups excluding carboxylic acids is 1. The minimum absolute atomic E-state index is 0.0558. The van der Waals surface area contributed by atoms with Crippen molar-refractivity contribution in [3.05, 3.63) is 24.0 Å². The molecule has 5 heteroatoms. The molecule has 0 heterocycles. The third kappa shape index (κ3) is 3.04. The standard InChI is InChI=1S/C14H19FN2O2/c1-19-13-7-10(15)5-6-12(13)17-14(18)11-4-2-3-9(11)8-16/h5-7,9,11H,2-4,8,16H2,1H3,(H,17,18)/t9-,11-/m1/s1. The van der Waals surface area contributed by atoms with Crippen molar-refractivity contribution in [2.75, 3.05) is 19.0 Å². The van der Waals surface area contributed by atoms with Crippen LogP contribution in [0.3, 0.4) is 0 Å². The Balaban J connectivity index is 2.10. The van der Waals surface area contributed by atoms with Gasteiger partial charge in [-0.05, 0) is 37.4 Å². The maximum Gasteiger partial charge on any atom is 0.227 e. The molecule has 2 atom stereocenters. The summed E-state index contributed by atoms with van der Waals surface area (Å²) >= 11 is 0. The van der Waals surface area contributed by atoms with Gasteiger partial charge in [-0.2, -0.15) is 0 Å². The Hall–Kier alpha value is -1.62. The van der Waals surface area contributed by atoms with E-state index in [9.17, 15) is 9.18 Å². The van der Waals surface area contributed by atoms with Gasteiger partial charge in [0.25, 0.3) is 0 Å². The first-order valence-electron chi connectivity index (χ1n) is 6.50. The fourth-order valence-electron chi connectivity index (χ4n) is 2.66. The summed E-state index contributed by atoms with van der Waals surface area (Å²) in [5, 5.41) is 2.81. The van der Waals surface area contributed by atoms with Crippen molar-refractivity contribution in [2.24, 2.45) is 17.6 Å². The van der Waals surface area contributed by atoms with Crippen LogP contribution in [0.5, 0.6) is 5.75 Å². The number of hydrogen-bond donors (Lipinski definition) is 2. The smallest absolute Gasteiger partial charge is 0.227 e. The lowest BCUT2D eigenvalue weighted by molar-refractivity contribution is -0.120. The number of carbonyl (C=O) groups is 1. The summed E-state index contributed by atoms with van der Waals surface area (Å²) in [6, 6.07) is 4.07. The molecule has 1 fully saturated rings. The SMILES string of the molecule is COc1cc(F)ccc1NC(=O)[C@@H]1CCC[C@@H]1CN. The lowest BCUT2D eigenvalue weighted by Crippen LogP contribution is -2.29. The Kier molecular flexibility index (Phi) is 4.37. The fraction of sp³-hybridized carbons (Fsp3) is 0.500. The van der Waals surface area contributed by atoms with E-state index in [1.807, 2.05) is 0 Å². The number of hydrogen-bond acceptors (Lipinski definition) is 3. The highest BCUT2D eigenvalue weighted by Gasteiger charge is 2.32. The van der Waals surface area contributed by atoms with E-state index in [0.717, 1.165) is 19.3 Å². The van der Waals surface area contributed by atoms with Gasteiger partial charge < -0.3 is 15.8 Å². The van der Waals surface area contributed by atoms with Crippen LogP contribution in [0.25, 0.3) is 0 Å². The van der Waals surface area contributed by atoms with E-state index in [4.69, 9.17) is 10.5 Å². The van der Waals surface area contributed by atoms with Crippen LogP contribution in [0.15, 0.2) is 18.2 Å².